The summed E-state index contributed by atoms with van der Waals surface area (Å²) >= 11 is 5.60. The van der Waals surface area contributed by atoms with E-state index in [4.69, 9.17) is 16.3 Å². The van der Waals surface area contributed by atoms with Gasteiger partial charge in [-0.3, -0.25) is 4.79 Å². The highest BCUT2D eigenvalue weighted by Crippen LogP contribution is 2.22. The fourth-order valence-corrected chi connectivity index (χ4v) is 2.51. The molecule has 7 heteroatoms. The Kier molecular flexibility index (Phi) is 5.60. The van der Waals surface area contributed by atoms with E-state index < -0.39 is 11.9 Å². The van der Waals surface area contributed by atoms with Crippen LogP contribution in [0.4, 0.5) is 14.9 Å². The van der Waals surface area contributed by atoms with Crippen molar-refractivity contribution < 1.29 is 18.7 Å². The summed E-state index contributed by atoms with van der Waals surface area (Å²) in [7, 11) is 0. The molecule has 2 amide bonds. The van der Waals surface area contributed by atoms with Gasteiger partial charge in [0.1, 0.15) is 5.82 Å². The Hall–Kier alpha value is -1.82. The molecule has 22 heavy (non-hydrogen) atoms. The topological polar surface area (TPSA) is 58.6 Å². The van der Waals surface area contributed by atoms with Crippen molar-refractivity contribution in [1.29, 1.82) is 0 Å². The molecule has 1 aliphatic rings. The monoisotopic (exact) mass is 328 g/mol. The molecule has 0 saturated carbocycles. The second-order valence-corrected chi connectivity index (χ2v) is 5.51. The largest absolute Gasteiger partial charge is 0.450 e. The van der Waals surface area contributed by atoms with Crippen molar-refractivity contribution in [1.82, 2.24) is 4.90 Å². The Morgan fingerprint density at radius 1 is 1.50 bits per heavy atom. The number of hydrogen-bond acceptors (Lipinski definition) is 3. The zero-order valence-corrected chi connectivity index (χ0v) is 13.0. The van der Waals surface area contributed by atoms with E-state index in [0.29, 0.717) is 31.8 Å². The SMILES string of the molecule is CCOC(=O)N1CCCC(C(=O)Nc2ccc(Cl)c(F)c2)C1. The van der Waals surface area contributed by atoms with Crippen LogP contribution in [0.15, 0.2) is 18.2 Å². The third-order valence-electron chi connectivity index (χ3n) is 3.51. The molecule has 0 bridgehead atoms. The van der Waals surface area contributed by atoms with Crippen molar-refractivity contribution in [3.8, 4) is 0 Å². The van der Waals surface area contributed by atoms with Gasteiger partial charge in [0.25, 0.3) is 0 Å². The third kappa shape index (κ3) is 4.10. The van der Waals surface area contributed by atoms with E-state index in [1.165, 1.54) is 23.1 Å². The molecule has 120 valence electrons. The number of halogens is 2. The lowest BCUT2D eigenvalue weighted by Crippen LogP contribution is -2.44. The summed E-state index contributed by atoms with van der Waals surface area (Å²) in [5, 5.41) is 2.66. The molecular formula is C15H18ClFN2O3. The van der Waals surface area contributed by atoms with E-state index in [9.17, 15) is 14.0 Å². The molecular weight excluding hydrogens is 311 g/mol. The maximum Gasteiger partial charge on any atom is 0.409 e. The normalized spacial score (nSPS) is 18.0. The van der Waals surface area contributed by atoms with Gasteiger partial charge in [-0.05, 0) is 38.0 Å². The van der Waals surface area contributed by atoms with Gasteiger partial charge in [0.05, 0.1) is 17.5 Å². The van der Waals surface area contributed by atoms with Gasteiger partial charge in [0.15, 0.2) is 0 Å². The van der Waals surface area contributed by atoms with Crippen LogP contribution in [0.1, 0.15) is 19.8 Å². The lowest BCUT2D eigenvalue weighted by Gasteiger charge is -2.31. The summed E-state index contributed by atoms with van der Waals surface area (Å²) in [6.45, 7) is 2.93. The molecule has 1 heterocycles. The van der Waals surface area contributed by atoms with Crippen LogP contribution < -0.4 is 5.32 Å². The summed E-state index contributed by atoms with van der Waals surface area (Å²) in [6.07, 6.45) is 1.00. The number of carbonyl (C=O) groups is 2. The minimum atomic E-state index is -0.587. The first-order chi connectivity index (χ1) is 10.5. The van der Waals surface area contributed by atoms with Crippen LogP contribution in [0.2, 0.25) is 5.02 Å². The maximum atomic E-state index is 13.4. The van der Waals surface area contributed by atoms with Crippen LogP contribution in [0.5, 0.6) is 0 Å². The first-order valence-corrected chi connectivity index (χ1v) is 7.56. The molecule has 1 atom stereocenters. The average Bonchev–Trinajstić information content (AvgIpc) is 2.51. The standard InChI is InChI=1S/C15H18ClFN2O3/c1-2-22-15(21)19-7-3-4-10(9-19)14(20)18-11-5-6-12(16)13(17)8-11/h5-6,8,10H,2-4,7,9H2,1H3,(H,18,20). The Morgan fingerprint density at radius 2 is 2.27 bits per heavy atom. The zero-order chi connectivity index (χ0) is 16.1. The Labute approximate surface area is 133 Å². The van der Waals surface area contributed by atoms with Gasteiger partial charge in [-0.15, -0.1) is 0 Å². The zero-order valence-electron chi connectivity index (χ0n) is 12.3. The number of likely N-dealkylation sites (tertiary alicyclic amines) is 1. The van der Waals surface area contributed by atoms with Crippen LogP contribution in [0, 0.1) is 11.7 Å². The number of piperidine rings is 1. The lowest BCUT2D eigenvalue weighted by molar-refractivity contribution is -0.121. The Balaban J connectivity index is 1.96. The molecule has 2 rings (SSSR count). The molecule has 1 unspecified atom stereocenters. The average molecular weight is 329 g/mol. The van der Waals surface area contributed by atoms with Gasteiger partial charge in [-0.2, -0.15) is 0 Å². The number of amides is 2. The molecule has 5 nitrogen and oxygen atoms in total. The minimum absolute atomic E-state index is 0.00384. The van der Waals surface area contributed by atoms with Crippen molar-refractivity contribution in [2.24, 2.45) is 5.92 Å². The fourth-order valence-electron chi connectivity index (χ4n) is 2.39. The van der Waals surface area contributed by atoms with Crippen molar-refractivity contribution >= 4 is 29.3 Å². The van der Waals surface area contributed by atoms with Gasteiger partial charge in [0.2, 0.25) is 5.91 Å². The van der Waals surface area contributed by atoms with Crippen molar-refractivity contribution in [3.63, 3.8) is 0 Å². The second-order valence-electron chi connectivity index (χ2n) is 5.10. The predicted octanol–water partition coefficient (Wildman–Crippen LogP) is 3.29. The van der Waals surface area contributed by atoms with E-state index in [2.05, 4.69) is 5.32 Å². The van der Waals surface area contributed by atoms with Crippen molar-refractivity contribution in [3.05, 3.63) is 29.0 Å². The summed E-state index contributed by atoms with van der Waals surface area (Å²) in [5.74, 6) is -1.16. The summed E-state index contributed by atoms with van der Waals surface area (Å²) in [5.41, 5.74) is 0.347. The highest BCUT2D eigenvalue weighted by atomic mass is 35.5. The summed E-state index contributed by atoms with van der Waals surface area (Å²) < 4.78 is 18.3. The highest BCUT2D eigenvalue weighted by Gasteiger charge is 2.29. The Bertz CT molecular complexity index is 568. The fraction of sp³-hybridized carbons (Fsp3) is 0.467. The number of hydrogen-bond donors (Lipinski definition) is 1. The van der Waals surface area contributed by atoms with Gasteiger partial charge in [-0.25, -0.2) is 9.18 Å². The second kappa shape index (κ2) is 7.45. The van der Waals surface area contributed by atoms with Crippen LogP contribution >= 0.6 is 11.6 Å². The minimum Gasteiger partial charge on any atom is -0.450 e. The summed E-state index contributed by atoms with van der Waals surface area (Å²) in [6, 6.07) is 4.10. The number of nitrogens with one attached hydrogen (secondary N) is 1. The van der Waals surface area contributed by atoms with Crippen LogP contribution in [-0.2, 0) is 9.53 Å². The van der Waals surface area contributed by atoms with Gasteiger partial charge < -0.3 is 15.0 Å². The van der Waals surface area contributed by atoms with Crippen LogP contribution in [0.3, 0.4) is 0 Å². The molecule has 0 radical (unpaired) electrons. The van der Waals surface area contributed by atoms with Crippen molar-refractivity contribution in [2.45, 2.75) is 19.8 Å². The van der Waals surface area contributed by atoms with Crippen molar-refractivity contribution in [2.75, 3.05) is 25.0 Å². The van der Waals surface area contributed by atoms with Crippen LogP contribution in [0.25, 0.3) is 0 Å². The molecule has 1 N–H and O–H groups in total. The Morgan fingerprint density at radius 3 is 2.95 bits per heavy atom. The van der Waals surface area contributed by atoms with Crippen LogP contribution in [-0.4, -0.2) is 36.6 Å². The smallest absolute Gasteiger partial charge is 0.409 e. The van der Waals surface area contributed by atoms with Gasteiger partial charge >= 0.3 is 6.09 Å². The molecule has 0 aliphatic carbocycles. The van der Waals surface area contributed by atoms with E-state index in [1.807, 2.05) is 0 Å². The predicted molar refractivity (Wildman–Crippen MR) is 81.4 cm³/mol. The lowest BCUT2D eigenvalue weighted by atomic mass is 9.97. The number of rotatable bonds is 3. The first kappa shape index (κ1) is 16.5. The molecule has 1 aromatic rings. The number of benzene rings is 1. The first-order valence-electron chi connectivity index (χ1n) is 7.19. The number of anilines is 1. The maximum absolute atomic E-state index is 13.4. The number of carbonyl (C=O) groups excluding carboxylic acids is 2. The number of ether oxygens (including phenoxy) is 1. The highest BCUT2D eigenvalue weighted by molar-refractivity contribution is 6.30. The van der Waals surface area contributed by atoms with Gasteiger partial charge in [0, 0.05) is 18.8 Å². The molecule has 1 fully saturated rings. The van der Waals surface area contributed by atoms with Gasteiger partial charge in [-0.1, -0.05) is 11.6 Å². The molecule has 0 aromatic heterocycles. The molecule has 0 spiro atoms. The van der Waals surface area contributed by atoms with E-state index in [0.717, 1.165) is 6.42 Å². The number of nitrogens with zero attached hydrogens (tertiary/aromatic N) is 1. The molecule has 1 saturated heterocycles. The van der Waals surface area contributed by atoms with E-state index in [-0.39, 0.29) is 16.8 Å². The molecule has 1 aromatic carbocycles. The third-order valence-corrected chi connectivity index (χ3v) is 3.81. The van der Waals surface area contributed by atoms with E-state index >= 15 is 0 Å². The quantitative estimate of drug-likeness (QED) is 0.926. The molecule has 1 aliphatic heterocycles. The van der Waals surface area contributed by atoms with E-state index in [1.54, 1.807) is 6.92 Å². The summed E-state index contributed by atoms with van der Waals surface area (Å²) in [4.78, 5) is 25.5.